The maximum atomic E-state index is 13.7. The Morgan fingerprint density at radius 2 is 1.92 bits per heavy atom. The molecule has 1 aromatic carbocycles. The van der Waals surface area contributed by atoms with Crippen molar-refractivity contribution in [1.29, 1.82) is 0 Å². The van der Waals surface area contributed by atoms with E-state index in [1.807, 2.05) is 7.05 Å². The molecule has 4 rings (SSSR count). The molecule has 0 saturated carbocycles. The zero-order chi connectivity index (χ0) is 28.3. The van der Waals surface area contributed by atoms with E-state index >= 15 is 0 Å². The van der Waals surface area contributed by atoms with Crippen LogP contribution < -0.4 is 16.2 Å². The molecular weight excluding hydrogens is 513 g/mol. The molecule has 2 aliphatic rings. The Hall–Kier alpha value is -2.89. The number of nitrogens with one attached hydrogen (secondary N) is 2. The van der Waals surface area contributed by atoms with Crippen LogP contribution in [-0.4, -0.2) is 68.0 Å². The number of likely N-dealkylation sites (tertiary alicyclic amines) is 1. The molecule has 2 fully saturated rings. The first-order chi connectivity index (χ1) is 18.5. The number of anilines is 1. The van der Waals surface area contributed by atoms with Crippen LogP contribution in [-0.2, 0) is 15.7 Å². The van der Waals surface area contributed by atoms with Crippen molar-refractivity contribution in [3.05, 3.63) is 63.1 Å². The van der Waals surface area contributed by atoms with Crippen LogP contribution in [0.4, 0.5) is 18.9 Å². The maximum Gasteiger partial charge on any atom is 0.416 e. The molecule has 0 aliphatic carbocycles. The highest BCUT2D eigenvalue weighted by Crippen LogP contribution is 2.34. The van der Waals surface area contributed by atoms with Gasteiger partial charge in [0.2, 0.25) is 0 Å². The van der Waals surface area contributed by atoms with Gasteiger partial charge in [-0.2, -0.15) is 13.2 Å². The second-order valence-electron chi connectivity index (χ2n) is 10.5. The average molecular weight is 551 g/mol. The highest BCUT2D eigenvalue weighted by molar-refractivity contribution is 5.99. The summed E-state index contributed by atoms with van der Waals surface area (Å²) in [6.07, 6.45) is -1.03. The van der Waals surface area contributed by atoms with E-state index in [-0.39, 0.29) is 34.9 Å². The summed E-state index contributed by atoms with van der Waals surface area (Å²) < 4.78 is 53.2. The van der Waals surface area contributed by atoms with Crippen LogP contribution in [0.3, 0.4) is 0 Å². The molecule has 8 nitrogen and oxygen atoms in total. The molecule has 1 aromatic heterocycles. The second kappa shape index (κ2) is 12.1. The van der Waals surface area contributed by atoms with Crippen molar-refractivity contribution in [3.63, 3.8) is 0 Å². The first-order valence-electron chi connectivity index (χ1n) is 13.3. The van der Waals surface area contributed by atoms with Crippen molar-refractivity contribution in [1.82, 2.24) is 14.8 Å². The van der Waals surface area contributed by atoms with Gasteiger partial charge in [0.1, 0.15) is 0 Å². The molecule has 0 unspecified atom stereocenters. The Bertz CT molecular complexity index is 1230. The van der Waals surface area contributed by atoms with Gasteiger partial charge in [-0.3, -0.25) is 9.59 Å². The number of alkyl halides is 3. The number of carbonyl (C=O) groups is 1. The van der Waals surface area contributed by atoms with Crippen LogP contribution in [0.2, 0.25) is 0 Å². The Morgan fingerprint density at radius 1 is 1.21 bits per heavy atom. The van der Waals surface area contributed by atoms with Crippen molar-refractivity contribution in [2.75, 3.05) is 45.8 Å². The number of likely N-dealkylation sites (N-methyl/N-ethyl adjacent to an activating group) is 1. The lowest BCUT2D eigenvalue weighted by atomic mass is 9.97. The van der Waals surface area contributed by atoms with Crippen LogP contribution in [0, 0.1) is 6.92 Å². The minimum absolute atomic E-state index is 0.0672. The van der Waals surface area contributed by atoms with E-state index in [1.165, 1.54) is 19.1 Å². The summed E-state index contributed by atoms with van der Waals surface area (Å²) >= 11 is 0. The van der Waals surface area contributed by atoms with Crippen molar-refractivity contribution >= 4 is 11.6 Å². The summed E-state index contributed by atoms with van der Waals surface area (Å²) in [5, 5.41) is 6.24. The minimum Gasteiger partial charge on any atom is -0.381 e. The molecule has 2 aromatic rings. The highest BCUT2D eigenvalue weighted by atomic mass is 19.4. The number of ether oxygens (including phenoxy) is 2. The molecule has 0 radical (unpaired) electrons. The molecule has 1 amide bonds. The molecule has 2 N–H and O–H groups in total. The summed E-state index contributed by atoms with van der Waals surface area (Å²) in [4.78, 5) is 29.0. The number of nitrogens with zero attached hydrogens (tertiary/aromatic N) is 2. The monoisotopic (exact) mass is 550 g/mol. The average Bonchev–Trinajstić information content (AvgIpc) is 2.89. The van der Waals surface area contributed by atoms with Gasteiger partial charge in [-0.1, -0.05) is 12.1 Å². The van der Waals surface area contributed by atoms with Crippen molar-refractivity contribution < 1.29 is 27.4 Å². The number of methoxy groups -OCH3 is 1. The van der Waals surface area contributed by atoms with Gasteiger partial charge in [-0.05, 0) is 63.9 Å². The molecule has 2 saturated heterocycles. The molecule has 0 spiro atoms. The van der Waals surface area contributed by atoms with Gasteiger partial charge in [0.15, 0.2) is 0 Å². The molecule has 2 aliphatic heterocycles. The van der Waals surface area contributed by atoms with E-state index in [9.17, 15) is 22.8 Å². The van der Waals surface area contributed by atoms with Gasteiger partial charge >= 0.3 is 6.18 Å². The molecule has 3 heterocycles. The lowest BCUT2D eigenvalue weighted by Crippen LogP contribution is -2.49. The third kappa shape index (κ3) is 6.64. The summed E-state index contributed by atoms with van der Waals surface area (Å²) in [6.45, 7) is 5.62. The molecular formula is C28H37F3N4O4. The smallest absolute Gasteiger partial charge is 0.381 e. The number of piperidine rings is 1. The largest absolute Gasteiger partial charge is 0.416 e. The fourth-order valence-corrected chi connectivity index (χ4v) is 5.55. The topological polar surface area (TPSA) is 84.8 Å². The van der Waals surface area contributed by atoms with Gasteiger partial charge in [0.25, 0.3) is 11.5 Å². The standard InChI is InChI=1S/C28H37F3N4O4/c1-17-20(6-5-7-22(17)28(29,30)31)18(2)32-27(37)21-15-35(19-9-12-39-13-10-19)26(36)14-24(21)33-23-8-11-34(3)16-25(23)38-4/h5-7,14-15,18-19,23,25,33H,8-13,16H2,1-4H3,(H,32,37)/t18-,23-,25-/m1/s1. The van der Waals surface area contributed by atoms with Crippen LogP contribution in [0.5, 0.6) is 0 Å². The third-order valence-corrected chi connectivity index (χ3v) is 7.81. The van der Waals surface area contributed by atoms with Crippen LogP contribution >= 0.6 is 0 Å². The van der Waals surface area contributed by atoms with Crippen molar-refractivity contribution in [2.24, 2.45) is 0 Å². The Labute approximate surface area is 226 Å². The molecule has 0 bridgehead atoms. The number of pyridine rings is 1. The predicted octanol–water partition coefficient (Wildman–Crippen LogP) is 4.15. The second-order valence-corrected chi connectivity index (χ2v) is 10.5. The van der Waals surface area contributed by atoms with Gasteiger partial charge < -0.3 is 29.6 Å². The number of rotatable bonds is 7. The van der Waals surface area contributed by atoms with Crippen LogP contribution in [0.1, 0.15) is 65.3 Å². The maximum absolute atomic E-state index is 13.7. The minimum atomic E-state index is -4.49. The number of carbonyl (C=O) groups excluding carboxylic acids is 1. The van der Waals surface area contributed by atoms with E-state index in [1.54, 1.807) is 30.9 Å². The van der Waals surface area contributed by atoms with E-state index in [4.69, 9.17) is 9.47 Å². The lowest BCUT2D eigenvalue weighted by molar-refractivity contribution is -0.138. The number of hydrogen-bond donors (Lipinski definition) is 2. The van der Waals surface area contributed by atoms with Crippen LogP contribution in [0.25, 0.3) is 0 Å². The number of halogens is 3. The molecule has 3 atom stereocenters. The Morgan fingerprint density at radius 3 is 2.59 bits per heavy atom. The highest BCUT2D eigenvalue weighted by Gasteiger charge is 2.34. The fraction of sp³-hybridized carbons (Fsp3) is 0.571. The van der Waals surface area contributed by atoms with E-state index in [2.05, 4.69) is 15.5 Å². The first-order valence-corrected chi connectivity index (χ1v) is 13.3. The number of aromatic nitrogens is 1. The fourth-order valence-electron chi connectivity index (χ4n) is 5.55. The third-order valence-electron chi connectivity index (χ3n) is 7.81. The lowest BCUT2D eigenvalue weighted by Gasteiger charge is -2.37. The zero-order valence-corrected chi connectivity index (χ0v) is 22.8. The summed E-state index contributed by atoms with van der Waals surface area (Å²) in [7, 11) is 3.64. The van der Waals surface area contributed by atoms with Gasteiger partial charge in [0, 0.05) is 45.2 Å². The summed E-state index contributed by atoms with van der Waals surface area (Å²) in [5.74, 6) is -0.482. The van der Waals surface area contributed by atoms with Gasteiger partial charge in [0.05, 0.1) is 35.0 Å². The number of benzene rings is 1. The number of amides is 1. The van der Waals surface area contributed by atoms with E-state index in [0.29, 0.717) is 43.9 Å². The number of hydrogen-bond acceptors (Lipinski definition) is 6. The Kier molecular flexibility index (Phi) is 9.03. The van der Waals surface area contributed by atoms with Gasteiger partial charge in [-0.15, -0.1) is 0 Å². The van der Waals surface area contributed by atoms with Crippen molar-refractivity contribution in [3.8, 4) is 0 Å². The molecule has 214 valence electrons. The quantitative estimate of drug-likeness (QED) is 0.539. The summed E-state index contributed by atoms with van der Waals surface area (Å²) in [5.41, 5.74) is 0.114. The van der Waals surface area contributed by atoms with Crippen molar-refractivity contribution in [2.45, 2.75) is 63.5 Å². The molecule has 11 heteroatoms. The predicted molar refractivity (Wildman–Crippen MR) is 142 cm³/mol. The van der Waals surface area contributed by atoms with Gasteiger partial charge in [-0.25, -0.2) is 0 Å². The summed E-state index contributed by atoms with van der Waals surface area (Å²) in [6, 6.07) is 4.47. The Balaban J connectivity index is 1.67. The van der Waals surface area contributed by atoms with E-state index in [0.717, 1.165) is 19.0 Å². The normalized spacial score (nSPS) is 21.9. The molecule has 39 heavy (non-hydrogen) atoms. The van der Waals surface area contributed by atoms with E-state index < -0.39 is 23.7 Å². The zero-order valence-electron chi connectivity index (χ0n) is 22.8. The first kappa shape index (κ1) is 29.1. The SMILES string of the molecule is CO[C@@H]1CN(C)CC[C@H]1Nc1cc(=O)n(C2CCOCC2)cc1C(=O)N[C@H](C)c1cccc(C(F)(F)F)c1C. The van der Waals surface area contributed by atoms with Crippen LogP contribution in [0.15, 0.2) is 35.3 Å².